The molecule has 1 aromatic rings. The number of ether oxygens (including phenoxy) is 1. The van der Waals surface area contributed by atoms with Crippen molar-refractivity contribution in [1.82, 2.24) is 0 Å². The maximum absolute atomic E-state index is 12.3. The van der Waals surface area contributed by atoms with E-state index in [1.165, 1.54) is 0 Å². The third-order valence-corrected chi connectivity index (χ3v) is 2.85. The fourth-order valence-corrected chi connectivity index (χ4v) is 2.02. The molecule has 1 rings (SSSR count). The summed E-state index contributed by atoms with van der Waals surface area (Å²) in [7, 11) is 1.55. The van der Waals surface area contributed by atoms with Crippen LogP contribution in [0.1, 0.15) is 44.2 Å². The van der Waals surface area contributed by atoms with Crippen LogP contribution in [0.4, 0.5) is 0 Å². The van der Waals surface area contributed by atoms with Gasteiger partial charge in [0.2, 0.25) is 0 Å². The van der Waals surface area contributed by atoms with Gasteiger partial charge in [0.05, 0.1) is 13.2 Å². The normalized spacial score (nSPS) is 12.6. The molecule has 0 aliphatic carbocycles. The molecule has 0 aliphatic heterocycles. The number of nitriles is 1. The molecule has 0 radical (unpaired) electrons. The van der Waals surface area contributed by atoms with Crippen molar-refractivity contribution in [1.29, 1.82) is 5.26 Å². The van der Waals surface area contributed by atoms with E-state index in [9.17, 15) is 10.1 Å². The van der Waals surface area contributed by atoms with Crippen LogP contribution in [0.25, 0.3) is 0 Å². The Morgan fingerprint density at radius 2 is 2.05 bits per heavy atom. The smallest absolute Gasteiger partial charge is 0.155 e. The van der Waals surface area contributed by atoms with E-state index in [1.807, 2.05) is 39.8 Å². The molecular weight excluding hydrogens is 238 g/mol. The van der Waals surface area contributed by atoms with Gasteiger partial charge >= 0.3 is 0 Å². The van der Waals surface area contributed by atoms with Gasteiger partial charge in [-0.3, -0.25) is 4.79 Å². The first-order valence-corrected chi connectivity index (χ1v) is 6.35. The van der Waals surface area contributed by atoms with Gasteiger partial charge in [-0.1, -0.05) is 38.5 Å². The Hall–Kier alpha value is -1.82. The second kappa shape index (κ2) is 5.88. The fraction of sp³-hybridized carbons (Fsp3) is 0.500. The predicted octanol–water partition coefficient (Wildman–Crippen LogP) is 3.62. The van der Waals surface area contributed by atoms with Gasteiger partial charge in [0.15, 0.2) is 5.78 Å². The van der Waals surface area contributed by atoms with Crippen LogP contribution in [0.5, 0.6) is 5.75 Å². The lowest BCUT2D eigenvalue weighted by atomic mass is 9.83. The van der Waals surface area contributed by atoms with Gasteiger partial charge in [0.25, 0.3) is 0 Å². The third-order valence-electron chi connectivity index (χ3n) is 2.85. The zero-order valence-corrected chi connectivity index (χ0v) is 12.3. The molecule has 3 heteroatoms. The van der Waals surface area contributed by atoms with Crippen molar-refractivity contribution in [3.05, 3.63) is 29.3 Å². The van der Waals surface area contributed by atoms with Crippen LogP contribution < -0.4 is 4.74 Å². The summed E-state index contributed by atoms with van der Waals surface area (Å²) < 4.78 is 5.26. The van der Waals surface area contributed by atoms with Crippen LogP contribution in [-0.4, -0.2) is 12.9 Å². The molecule has 3 nitrogen and oxygen atoms in total. The molecule has 102 valence electrons. The van der Waals surface area contributed by atoms with Gasteiger partial charge < -0.3 is 4.74 Å². The predicted molar refractivity (Wildman–Crippen MR) is 75.2 cm³/mol. The SMILES string of the molecule is COc1ccc(C)cc1C(C#N)C(=O)CC(C)(C)C. The summed E-state index contributed by atoms with van der Waals surface area (Å²) in [4.78, 5) is 12.3. The molecule has 19 heavy (non-hydrogen) atoms. The van der Waals surface area contributed by atoms with E-state index in [4.69, 9.17) is 4.74 Å². The number of hydrogen-bond donors (Lipinski definition) is 0. The largest absolute Gasteiger partial charge is 0.496 e. The van der Waals surface area contributed by atoms with Crippen LogP contribution in [-0.2, 0) is 4.79 Å². The fourth-order valence-electron chi connectivity index (χ4n) is 2.02. The van der Waals surface area contributed by atoms with Crippen LogP contribution in [0.15, 0.2) is 18.2 Å². The standard InChI is InChI=1S/C16H21NO2/c1-11-6-7-15(19-5)12(8-11)13(10-17)14(18)9-16(2,3)4/h6-8,13H,9H2,1-5H3. The maximum atomic E-state index is 12.3. The zero-order chi connectivity index (χ0) is 14.6. The number of methoxy groups -OCH3 is 1. The maximum Gasteiger partial charge on any atom is 0.155 e. The van der Waals surface area contributed by atoms with Crippen molar-refractivity contribution in [2.24, 2.45) is 5.41 Å². The van der Waals surface area contributed by atoms with Gasteiger partial charge in [-0.15, -0.1) is 0 Å². The highest BCUT2D eigenvalue weighted by molar-refractivity contribution is 5.89. The molecule has 1 atom stereocenters. The van der Waals surface area contributed by atoms with Crippen LogP contribution in [0, 0.1) is 23.7 Å². The number of carbonyl (C=O) groups excluding carboxylic acids is 1. The van der Waals surface area contributed by atoms with Gasteiger partial charge in [-0.05, 0) is 18.4 Å². The summed E-state index contributed by atoms with van der Waals surface area (Å²) in [5.74, 6) is -0.215. The Labute approximate surface area is 115 Å². The summed E-state index contributed by atoms with van der Waals surface area (Å²) in [5.41, 5.74) is 1.56. The van der Waals surface area contributed by atoms with Crippen molar-refractivity contribution >= 4 is 5.78 Å². The number of Topliss-reactive ketones (excluding diaryl/α,β-unsaturated/α-hetero) is 1. The second-order valence-corrected chi connectivity index (χ2v) is 6.01. The highest BCUT2D eigenvalue weighted by Gasteiger charge is 2.27. The number of benzene rings is 1. The Bertz CT molecular complexity index is 506. The molecule has 1 unspecified atom stereocenters. The highest BCUT2D eigenvalue weighted by atomic mass is 16.5. The number of nitrogens with zero attached hydrogens (tertiary/aromatic N) is 1. The minimum atomic E-state index is -0.755. The van der Waals surface area contributed by atoms with Crippen molar-refractivity contribution < 1.29 is 9.53 Å². The molecular formula is C16H21NO2. The lowest BCUT2D eigenvalue weighted by Gasteiger charge is -2.20. The number of aryl methyl sites for hydroxylation is 1. The molecule has 0 N–H and O–H groups in total. The van der Waals surface area contributed by atoms with Crippen molar-refractivity contribution in [2.45, 2.75) is 40.0 Å². The summed E-state index contributed by atoms with van der Waals surface area (Å²) >= 11 is 0. The summed E-state index contributed by atoms with van der Waals surface area (Å²) in [6.07, 6.45) is 0.377. The molecule has 0 saturated heterocycles. The van der Waals surface area contributed by atoms with E-state index in [-0.39, 0.29) is 11.2 Å². The summed E-state index contributed by atoms with van der Waals surface area (Å²) in [6, 6.07) is 7.68. The molecule has 0 spiro atoms. The highest BCUT2D eigenvalue weighted by Crippen LogP contribution is 2.31. The van der Waals surface area contributed by atoms with Crippen LogP contribution in [0.2, 0.25) is 0 Å². The van der Waals surface area contributed by atoms with Crippen molar-refractivity contribution in [3.8, 4) is 11.8 Å². The Kier molecular flexibility index (Phi) is 4.72. The van der Waals surface area contributed by atoms with E-state index in [2.05, 4.69) is 6.07 Å². The number of hydrogen-bond acceptors (Lipinski definition) is 3. The monoisotopic (exact) mass is 259 g/mol. The Morgan fingerprint density at radius 3 is 2.53 bits per heavy atom. The Morgan fingerprint density at radius 1 is 1.42 bits per heavy atom. The van der Waals surface area contributed by atoms with E-state index in [1.54, 1.807) is 13.2 Å². The molecule has 0 amide bonds. The van der Waals surface area contributed by atoms with Crippen LogP contribution in [0.3, 0.4) is 0 Å². The zero-order valence-electron chi connectivity index (χ0n) is 12.3. The van der Waals surface area contributed by atoms with E-state index in [0.717, 1.165) is 5.56 Å². The topological polar surface area (TPSA) is 50.1 Å². The number of ketones is 1. The number of carbonyl (C=O) groups is 1. The average molecular weight is 259 g/mol. The molecule has 0 bridgehead atoms. The molecule has 0 aromatic heterocycles. The summed E-state index contributed by atoms with van der Waals surface area (Å²) in [6.45, 7) is 7.91. The lowest BCUT2D eigenvalue weighted by molar-refractivity contribution is -0.121. The van der Waals surface area contributed by atoms with Gasteiger partial charge in [0.1, 0.15) is 11.7 Å². The lowest BCUT2D eigenvalue weighted by Crippen LogP contribution is -2.19. The first-order valence-electron chi connectivity index (χ1n) is 6.35. The number of rotatable bonds is 4. The van der Waals surface area contributed by atoms with Gasteiger partial charge in [0, 0.05) is 12.0 Å². The average Bonchev–Trinajstić information content (AvgIpc) is 2.28. The van der Waals surface area contributed by atoms with E-state index >= 15 is 0 Å². The van der Waals surface area contributed by atoms with Crippen molar-refractivity contribution in [3.63, 3.8) is 0 Å². The molecule has 0 fully saturated rings. The molecule has 0 aliphatic rings. The van der Waals surface area contributed by atoms with Crippen molar-refractivity contribution in [2.75, 3.05) is 7.11 Å². The van der Waals surface area contributed by atoms with Gasteiger partial charge in [-0.2, -0.15) is 5.26 Å². The summed E-state index contributed by atoms with van der Waals surface area (Å²) in [5, 5.41) is 9.33. The quantitative estimate of drug-likeness (QED) is 0.829. The van der Waals surface area contributed by atoms with E-state index < -0.39 is 5.92 Å². The second-order valence-electron chi connectivity index (χ2n) is 6.01. The Balaban J connectivity index is 3.14. The third kappa shape index (κ3) is 4.10. The first kappa shape index (κ1) is 15.2. The molecule has 0 saturated carbocycles. The minimum Gasteiger partial charge on any atom is -0.496 e. The van der Waals surface area contributed by atoms with Gasteiger partial charge in [-0.25, -0.2) is 0 Å². The van der Waals surface area contributed by atoms with E-state index in [0.29, 0.717) is 17.7 Å². The minimum absolute atomic E-state index is 0.0566. The van der Waals surface area contributed by atoms with Crippen LogP contribution >= 0.6 is 0 Å². The first-order chi connectivity index (χ1) is 8.78. The molecule has 0 heterocycles. The molecule has 1 aromatic carbocycles.